The number of carbonyl (C=O) groups excluding carboxylic acids is 1. The Labute approximate surface area is 180 Å². The number of aromatic nitrogens is 2. The molecule has 31 heavy (non-hydrogen) atoms. The molecule has 11 heteroatoms. The number of anilines is 1. The summed E-state index contributed by atoms with van der Waals surface area (Å²) in [6, 6.07) is 7.59. The number of methoxy groups -OCH3 is 2. The summed E-state index contributed by atoms with van der Waals surface area (Å²) in [7, 11) is 2.89. The second-order valence-electron chi connectivity index (χ2n) is 6.31. The highest BCUT2D eigenvalue weighted by Gasteiger charge is 2.30. The van der Waals surface area contributed by atoms with E-state index < -0.39 is 11.7 Å². The Bertz CT molecular complexity index is 1090. The third kappa shape index (κ3) is 5.46. The lowest BCUT2D eigenvalue weighted by atomic mass is 10.1. The zero-order valence-electron chi connectivity index (χ0n) is 16.4. The Morgan fingerprint density at radius 2 is 1.87 bits per heavy atom. The van der Waals surface area contributed by atoms with Crippen molar-refractivity contribution in [2.24, 2.45) is 0 Å². The summed E-state index contributed by atoms with van der Waals surface area (Å²) in [6.07, 6.45) is -4.41. The van der Waals surface area contributed by atoms with E-state index in [2.05, 4.69) is 15.5 Å². The van der Waals surface area contributed by atoms with Crippen LogP contribution in [0, 0.1) is 0 Å². The normalized spacial score (nSPS) is 11.3. The fraction of sp³-hybridized carbons (Fsp3) is 0.250. The first kappa shape index (κ1) is 22.4. The number of amides is 1. The van der Waals surface area contributed by atoms with Gasteiger partial charge in [0.25, 0.3) is 0 Å². The predicted octanol–water partition coefficient (Wildman–Crippen LogP) is 5.00. The predicted molar refractivity (Wildman–Crippen MR) is 106 cm³/mol. The SMILES string of the molecule is COc1cc(OC)c(NC(=O)CCc2nnc(-c3cccc(C(F)(F)F)c3)o2)cc1Cl. The number of alkyl halides is 3. The summed E-state index contributed by atoms with van der Waals surface area (Å²) < 4.78 is 54.3. The third-order valence-corrected chi connectivity index (χ3v) is 4.51. The van der Waals surface area contributed by atoms with Crippen molar-refractivity contribution >= 4 is 23.2 Å². The third-order valence-electron chi connectivity index (χ3n) is 4.22. The number of hydrogen-bond donors (Lipinski definition) is 1. The van der Waals surface area contributed by atoms with Crippen molar-refractivity contribution in [3.63, 3.8) is 0 Å². The van der Waals surface area contributed by atoms with Crippen molar-refractivity contribution in [1.82, 2.24) is 10.2 Å². The molecule has 3 rings (SSSR count). The van der Waals surface area contributed by atoms with Gasteiger partial charge >= 0.3 is 6.18 Å². The highest BCUT2D eigenvalue weighted by molar-refractivity contribution is 6.32. The summed E-state index contributed by atoms with van der Waals surface area (Å²) in [5.41, 5.74) is -0.333. The van der Waals surface area contributed by atoms with Crippen LogP contribution in [-0.4, -0.2) is 30.3 Å². The number of rotatable bonds is 7. The van der Waals surface area contributed by atoms with Crippen LogP contribution in [0.4, 0.5) is 18.9 Å². The molecule has 0 aliphatic rings. The summed E-state index contributed by atoms with van der Waals surface area (Å²) in [5.74, 6) is 0.425. The first-order chi connectivity index (χ1) is 14.7. The van der Waals surface area contributed by atoms with Crippen LogP contribution < -0.4 is 14.8 Å². The monoisotopic (exact) mass is 455 g/mol. The highest BCUT2D eigenvalue weighted by Crippen LogP contribution is 2.36. The molecule has 164 valence electrons. The largest absolute Gasteiger partial charge is 0.495 e. The van der Waals surface area contributed by atoms with Crippen LogP contribution in [0.5, 0.6) is 11.5 Å². The molecule has 0 fully saturated rings. The van der Waals surface area contributed by atoms with Crippen LogP contribution in [-0.2, 0) is 17.4 Å². The minimum atomic E-state index is -4.48. The minimum absolute atomic E-state index is 0.0168. The number of carbonyl (C=O) groups is 1. The lowest BCUT2D eigenvalue weighted by Crippen LogP contribution is -2.13. The number of nitrogens with zero attached hydrogens (tertiary/aromatic N) is 2. The minimum Gasteiger partial charge on any atom is -0.495 e. The van der Waals surface area contributed by atoms with Crippen molar-refractivity contribution in [1.29, 1.82) is 0 Å². The number of nitrogens with one attached hydrogen (secondary N) is 1. The number of hydrogen-bond acceptors (Lipinski definition) is 6. The molecule has 1 heterocycles. The van der Waals surface area contributed by atoms with E-state index in [0.717, 1.165) is 12.1 Å². The van der Waals surface area contributed by atoms with E-state index in [-0.39, 0.29) is 36.1 Å². The summed E-state index contributed by atoms with van der Waals surface area (Å²) >= 11 is 6.08. The Balaban J connectivity index is 1.65. The lowest BCUT2D eigenvalue weighted by molar-refractivity contribution is -0.137. The van der Waals surface area contributed by atoms with Crippen molar-refractivity contribution in [2.75, 3.05) is 19.5 Å². The van der Waals surface area contributed by atoms with Gasteiger partial charge in [-0.3, -0.25) is 4.79 Å². The summed E-state index contributed by atoms with van der Waals surface area (Å²) in [4.78, 5) is 12.3. The van der Waals surface area contributed by atoms with Crippen molar-refractivity contribution in [3.05, 3.63) is 52.9 Å². The molecule has 0 radical (unpaired) electrons. The van der Waals surface area contributed by atoms with E-state index in [0.29, 0.717) is 22.2 Å². The fourth-order valence-electron chi connectivity index (χ4n) is 2.69. The molecule has 0 bridgehead atoms. The first-order valence-corrected chi connectivity index (χ1v) is 9.30. The molecule has 0 saturated heterocycles. The van der Waals surface area contributed by atoms with Crippen molar-refractivity contribution in [3.8, 4) is 23.0 Å². The molecule has 7 nitrogen and oxygen atoms in total. The van der Waals surface area contributed by atoms with Gasteiger partial charge in [-0.1, -0.05) is 17.7 Å². The molecule has 2 aromatic carbocycles. The number of aryl methyl sites for hydroxylation is 1. The molecule has 0 spiro atoms. The smallest absolute Gasteiger partial charge is 0.416 e. The second kappa shape index (κ2) is 9.25. The second-order valence-corrected chi connectivity index (χ2v) is 6.72. The molecular weight excluding hydrogens is 439 g/mol. The Hall–Kier alpha value is -3.27. The number of halogens is 4. The summed E-state index contributed by atoms with van der Waals surface area (Å²) in [5, 5.41) is 10.5. The van der Waals surface area contributed by atoms with E-state index in [1.807, 2.05) is 0 Å². The average molecular weight is 456 g/mol. The molecule has 3 aromatic rings. The van der Waals surface area contributed by atoms with E-state index in [4.69, 9.17) is 25.5 Å². The van der Waals surface area contributed by atoms with Crippen molar-refractivity contribution < 1.29 is 31.9 Å². The van der Waals surface area contributed by atoms with Crippen LogP contribution >= 0.6 is 11.6 Å². The van der Waals surface area contributed by atoms with Crippen LogP contribution in [0.25, 0.3) is 11.5 Å². The molecule has 0 atom stereocenters. The molecule has 0 saturated carbocycles. The van der Waals surface area contributed by atoms with Crippen LogP contribution in [0.1, 0.15) is 17.9 Å². The molecule has 1 N–H and O–H groups in total. The van der Waals surface area contributed by atoms with Gasteiger partial charge in [0.1, 0.15) is 11.5 Å². The average Bonchev–Trinajstić information content (AvgIpc) is 3.21. The zero-order valence-corrected chi connectivity index (χ0v) is 17.2. The van der Waals surface area contributed by atoms with E-state index in [1.54, 1.807) is 0 Å². The van der Waals surface area contributed by atoms with Crippen LogP contribution in [0.3, 0.4) is 0 Å². The van der Waals surface area contributed by atoms with E-state index in [9.17, 15) is 18.0 Å². The Morgan fingerprint density at radius 1 is 1.13 bits per heavy atom. The Kier molecular flexibility index (Phi) is 6.69. The molecular formula is C20H17ClF3N3O4. The van der Waals surface area contributed by atoms with Gasteiger partial charge in [0, 0.05) is 24.5 Å². The molecule has 1 aromatic heterocycles. The fourth-order valence-corrected chi connectivity index (χ4v) is 2.93. The van der Waals surface area contributed by atoms with E-state index in [1.165, 1.54) is 38.5 Å². The Morgan fingerprint density at radius 3 is 2.55 bits per heavy atom. The van der Waals surface area contributed by atoms with Crippen LogP contribution in [0.2, 0.25) is 5.02 Å². The number of ether oxygens (including phenoxy) is 2. The molecule has 0 unspecified atom stereocenters. The van der Waals surface area contributed by atoms with Gasteiger partial charge in [0.15, 0.2) is 0 Å². The quantitative estimate of drug-likeness (QED) is 0.539. The number of benzene rings is 2. The van der Waals surface area contributed by atoms with Gasteiger partial charge in [-0.25, -0.2) is 0 Å². The first-order valence-electron chi connectivity index (χ1n) is 8.92. The highest BCUT2D eigenvalue weighted by atomic mass is 35.5. The zero-order chi connectivity index (χ0) is 22.6. The van der Waals surface area contributed by atoms with Gasteiger partial charge in [0.2, 0.25) is 17.7 Å². The molecule has 0 aliphatic carbocycles. The maximum absolute atomic E-state index is 12.9. The summed E-state index contributed by atoms with van der Waals surface area (Å²) in [6.45, 7) is 0. The standard InChI is InChI=1S/C20H17ClF3N3O4/c1-29-15-10-16(30-2)14(9-13(15)21)25-17(28)6-7-18-26-27-19(31-18)11-4-3-5-12(8-11)20(22,23)24/h3-5,8-10H,6-7H2,1-2H3,(H,25,28). The molecule has 1 amide bonds. The van der Waals surface area contributed by atoms with Gasteiger partial charge in [-0.15, -0.1) is 10.2 Å². The molecule has 0 aliphatic heterocycles. The van der Waals surface area contributed by atoms with Gasteiger partial charge in [0.05, 0.1) is 30.5 Å². The topological polar surface area (TPSA) is 86.5 Å². The van der Waals surface area contributed by atoms with Gasteiger partial charge < -0.3 is 19.2 Å². The maximum atomic E-state index is 12.9. The van der Waals surface area contributed by atoms with E-state index >= 15 is 0 Å². The van der Waals surface area contributed by atoms with Crippen molar-refractivity contribution in [2.45, 2.75) is 19.0 Å². The lowest BCUT2D eigenvalue weighted by Gasteiger charge is -2.12. The van der Waals surface area contributed by atoms with Gasteiger partial charge in [-0.05, 0) is 24.3 Å². The van der Waals surface area contributed by atoms with Crippen LogP contribution in [0.15, 0.2) is 40.8 Å². The van der Waals surface area contributed by atoms with Gasteiger partial charge in [-0.2, -0.15) is 13.2 Å². The maximum Gasteiger partial charge on any atom is 0.416 e.